The van der Waals surface area contributed by atoms with Gasteiger partial charge in [-0.25, -0.2) is 0 Å². The van der Waals surface area contributed by atoms with Gasteiger partial charge in [-0.2, -0.15) is 28.2 Å². The summed E-state index contributed by atoms with van der Waals surface area (Å²) in [6.07, 6.45) is 4.93. The zero-order valence-electron chi connectivity index (χ0n) is 19.8. The van der Waals surface area contributed by atoms with Gasteiger partial charge in [-0.1, -0.05) is 0 Å². The van der Waals surface area contributed by atoms with Gasteiger partial charge in [0, 0.05) is 0 Å². The van der Waals surface area contributed by atoms with E-state index in [1.54, 1.807) is 50.5 Å². The van der Waals surface area contributed by atoms with E-state index in [0.717, 1.165) is 7.25 Å². The molecule has 2 atom stereocenters. The fraction of sp³-hybridized carbons (Fsp3) is 0.385. The summed E-state index contributed by atoms with van der Waals surface area (Å²) in [4.78, 5) is 0. The Balaban J connectivity index is 0.000000480. The predicted molar refractivity (Wildman–Crippen MR) is 134 cm³/mol. The number of rotatable bonds is 2. The molecule has 0 heterocycles. The van der Waals surface area contributed by atoms with E-state index in [1.165, 1.54) is 11.1 Å². The molecule has 4 heteroatoms. The Kier molecular flexibility index (Phi) is 10.2. The molecule has 30 heavy (non-hydrogen) atoms. The first-order valence-corrected chi connectivity index (χ1v) is 19.6. The third-order valence-electron chi connectivity index (χ3n) is 5.49. The molecule has 0 saturated heterocycles. The fourth-order valence-electron chi connectivity index (χ4n) is 4.53. The van der Waals surface area contributed by atoms with Crippen LogP contribution in [0.1, 0.15) is 43.4 Å². The molecule has 0 radical (unpaired) electrons. The summed E-state index contributed by atoms with van der Waals surface area (Å²) in [5.41, 5.74) is 9.22. The summed E-state index contributed by atoms with van der Waals surface area (Å²) < 4.78 is 1.54. The molecule has 2 aromatic rings. The maximum atomic E-state index is 3.50. The smallest absolute Gasteiger partial charge is 0.162 e. The van der Waals surface area contributed by atoms with Gasteiger partial charge in [0.2, 0.25) is 0 Å². The van der Waals surface area contributed by atoms with Gasteiger partial charge in [0.05, 0.1) is 0 Å². The van der Waals surface area contributed by atoms with E-state index in [-0.39, 0.29) is 5.43 Å². The first kappa shape index (κ1) is 25.2. The van der Waals surface area contributed by atoms with Crippen LogP contribution in [0.2, 0.25) is 13.1 Å². The van der Waals surface area contributed by atoms with Crippen molar-refractivity contribution in [1.82, 2.24) is 0 Å². The zero-order chi connectivity index (χ0) is 22.3. The van der Waals surface area contributed by atoms with Gasteiger partial charge in [0.15, 0.2) is 0 Å². The van der Waals surface area contributed by atoms with Crippen LogP contribution in [0.15, 0.2) is 59.7 Å². The molecule has 2 aromatic carbocycles. The van der Waals surface area contributed by atoms with Gasteiger partial charge in [-0.05, 0) is 0 Å². The molecule has 0 spiro atoms. The minimum atomic E-state index is -1.76. The molecule has 2 unspecified atom stereocenters. The normalized spacial score (nSPS) is 17.7. The predicted octanol–water partition coefficient (Wildman–Crippen LogP) is 7.41. The van der Waals surface area contributed by atoms with Crippen LogP contribution in [-0.2, 0) is 20.4 Å². The maximum Gasteiger partial charge on any atom is -0.162 e. The van der Waals surface area contributed by atoms with Crippen molar-refractivity contribution in [3.63, 3.8) is 0 Å². The average Bonchev–Trinajstić information content (AvgIpc) is 3.20. The average molecular weight is 496 g/mol. The summed E-state index contributed by atoms with van der Waals surface area (Å²) >= 11 is -1.76. The Bertz CT molecular complexity index is 884. The Hall–Kier alpha value is -1.06. The number of hydrogen-bond acceptors (Lipinski definition) is 0. The molecule has 0 aliphatic heterocycles. The van der Waals surface area contributed by atoms with Crippen LogP contribution in [0.5, 0.6) is 0 Å². The summed E-state index contributed by atoms with van der Waals surface area (Å²) in [5, 5.41) is 7.00. The maximum absolute atomic E-state index is 3.50. The monoisotopic (exact) mass is 494 g/mol. The van der Waals surface area contributed by atoms with Gasteiger partial charge in [0.25, 0.3) is 0 Å². The minimum Gasteiger partial charge on any atom is -0.668 e. The minimum absolute atomic E-state index is 0.272. The molecular formula is C26H36N2SiZr. The van der Waals surface area contributed by atoms with Crippen LogP contribution in [0.25, 0.3) is 22.8 Å². The van der Waals surface area contributed by atoms with Crippen LogP contribution in [-0.4, -0.2) is 33.6 Å². The van der Waals surface area contributed by atoms with Gasteiger partial charge in [-0.15, -0.1) is 0 Å². The third kappa shape index (κ3) is 5.59. The fourth-order valence-corrected chi connectivity index (χ4v) is 25.3. The topological polar surface area (TPSA) is 28.2 Å². The first-order chi connectivity index (χ1) is 14.4. The molecule has 0 saturated carbocycles. The standard InChI is InChI=1S/2C10H9.2C2H6N.C2H6Si.Zr/c2*1-8-6-9-4-2-3-5-10(9)7-8;3*1-3-2;/h2*2-7H,1H3;3*1-2H3;/q;;2*-1;;+2. The first-order valence-electron chi connectivity index (χ1n) is 10.6. The Labute approximate surface area is 192 Å². The molecule has 2 aliphatic carbocycles. The molecule has 2 nitrogen and oxygen atoms in total. The van der Waals surface area contributed by atoms with Crippen LogP contribution < -0.4 is 0 Å². The SMILES string of the molecule is CC1=Cc2ccccc2[CH]1[Zr+2]([CH]1C(C)=Cc2ccccc21)=[Si](C)C.C[N-]C.C[N-]C. The van der Waals surface area contributed by atoms with Crippen molar-refractivity contribution in [3.8, 4) is 0 Å². The van der Waals surface area contributed by atoms with Crippen molar-refractivity contribution in [2.24, 2.45) is 0 Å². The van der Waals surface area contributed by atoms with Gasteiger partial charge in [-0.3, -0.25) is 0 Å². The second-order valence-corrected chi connectivity index (χ2v) is 26.1. The molecule has 158 valence electrons. The van der Waals surface area contributed by atoms with E-state index in [9.17, 15) is 0 Å². The van der Waals surface area contributed by atoms with Crippen molar-refractivity contribution in [2.45, 2.75) is 34.2 Å². The molecule has 0 bridgehead atoms. The number of hydrogen-bond donors (Lipinski definition) is 0. The van der Waals surface area contributed by atoms with E-state index >= 15 is 0 Å². The number of nitrogens with zero attached hydrogens (tertiary/aromatic N) is 2. The number of benzene rings is 2. The largest absolute Gasteiger partial charge is 0.668 e. The van der Waals surface area contributed by atoms with E-state index in [1.807, 2.05) is 0 Å². The summed E-state index contributed by atoms with van der Waals surface area (Å²) in [6.45, 7) is 9.94. The van der Waals surface area contributed by atoms with Crippen LogP contribution in [0, 0.1) is 0 Å². The van der Waals surface area contributed by atoms with Crippen molar-refractivity contribution in [1.29, 1.82) is 0 Å². The van der Waals surface area contributed by atoms with Crippen molar-refractivity contribution in [3.05, 3.63) is 92.6 Å². The molecule has 2 aliphatic rings. The molecule has 0 aromatic heterocycles. The molecule has 0 fully saturated rings. The molecule has 4 rings (SSSR count). The summed E-state index contributed by atoms with van der Waals surface area (Å²) in [7, 11) is 7.00. The van der Waals surface area contributed by atoms with E-state index < -0.39 is 20.4 Å². The van der Waals surface area contributed by atoms with Crippen LogP contribution >= 0.6 is 0 Å². The molecule has 0 N–H and O–H groups in total. The molecular weight excluding hydrogens is 460 g/mol. The second-order valence-electron chi connectivity index (χ2n) is 8.25. The quantitative estimate of drug-likeness (QED) is 0.388. The second kappa shape index (κ2) is 12.1. The Morgan fingerprint density at radius 2 is 1.00 bits per heavy atom. The summed E-state index contributed by atoms with van der Waals surface area (Å²) in [6, 6.07) is 18.3. The Morgan fingerprint density at radius 3 is 1.33 bits per heavy atom. The Morgan fingerprint density at radius 1 is 0.667 bits per heavy atom. The third-order valence-corrected chi connectivity index (χ3v) is 25.4. The van der Waals surface area contributed by atoms with Crippen molar-refractivity contribution >= 4 is 17.6 Å². The van der Waals surface area contributed by atoms with E-state index in [2.05, 4.69) is 98.3 Å². The van der Waals surface area contributed by atoms with Crippen LogP contribution in [0.4, 0.5) is 0 Å². The van der Waals surface area contributed by atoms with Crippen LogP contribution in [0.3, 0.4) is 0 Å². The molecule has 0 amide bonds. The number of fused-ring (bicyclic) bond motifs is 2. The van der Waals surface area contributed by atoms with E-state index in [0.29, 0.717) is 0 Å². The van der Waals surface area contributed by atoms with Crippen molar-refractivity contribution in [2.75, 3.05) is 28.2 Å². The summed E-state index contributed by atoms with van der Waals surface area (Å²) in [5.74, 6) is 0. The zero-order valence-corrected chi connectivity index (χ0v) is 23.3. The van der Waals surface area contributed by atoms with Gasteiger partial charge >= 0.3 is 154 Å². The van der Waals surface area contributed by atoms with Gasteiger partial charge in [0.1, 0.15) is 0 Å². The number of allylic oxidation sites excluding steroid dienone is 2. The van der Waals surface area contributed by atoms with E-state index in [4.69, 9.17) is 0 Å². The van der Waals surface area contributed by atoms with Gasteiger partial charge < -0.3 is 10.6 Å². The van der Waals surface area contributed by atoms with Crippen molar-refractivity contribution < 1.29 is 20.4 Å².